The normalized spacial score (nSPS) is 13.1. The number of nitrogens with one attached hydrogen (secondary N) is 2. The molecule has 0 saturated heterocycles. The Hall–Kier alpha value is -1.14. The van der Waals surface area contributed by atoms with Gasteiger partial charge in [-0.15, -0.1) is 11.3 Å². The molecule has 1 atom stereocenters. The molecule has 3 N–H and O–H groups in total. The zero-order chi connectivity index (χ0) is 15.2. The van der Waals surface area contributed by atoms with E-state index in [1.165, 1.54) is 0 Å². The third-order valence-corrected chi connectivity index (χ3v) is 3.70. The lowest BCUT2D eigenvalue weighted by atomic mass is 9.93. The topological polar surface area (TPSA) is 74.2 Å². The van der Waals surface area contributed by atoms with Gasteiger partial charge in [-0.05, 0) is 13.3 Å². The summed E-state index contributed by atoms with van der Waals surface area (Å²) in [5, 5.41) is 17.7. The molecule has 114 valence electrons. The van der Waals surface area contributed by atoms with Crippen molar-refractivity contribution in [3.63, 3.8) is 0 Å². The van der Waals surface area contributed by atoms with Gasteiger partial charge in [0.15, 0.2) is 0 Å². The number of hydrogen-bond donors (Lipinski definition) is 3. The number of aliphatic hydroxyl groups excluding tert-OH is 1. The van der Waals surface area contributed by atoms with Crippen LogP contribution in [0.2, 0.25) is 0 Å². The summed E-state index contributed by atoms with van der Waals surface area (Å²) in [6.45, 7) is 9.17. The highest BCUT2D eigenvalue weighted by atomic mass is 32.1. The molecule has 0 aliphatic carbocycles. The average molecular weight is 299 g/mol. The van der Waals surface area contributed by atoms with Gasteiger partial charge in [-0.2, -0.15) is 0 Å². The standard InChI is InChI=1S/C14H25N3O2S/c1-10(18)5-7-15-13(19)16-8-6-12-17-11(9-20-12)14(2,3)4/h9-10,18H,5-8H2,1-4H3,(H2,15,16,19). The van der Waals surface area contributed by atoms with Crippen molar-refractivity contribution < 1.29 is 9.90 Å². The third-order valence-electron chi connectivity index (χ3n) is 2.79. The summed E-state index contributed by atoms with van der Waals surface area (Å²) >= 11 is 1.63. The van der Waals surface area contributed by atoms with E-state index in [4.69, 9.17) is 5.11 Å². The number of carbonyl (C=O) groups is 1. The minimum Gasteiger partial charge on any atom is -0.393 e. The van der Waals surface area contributed by atoms with Crippen molar-refractivity contribution in [2.45, 2.75) is 52.1 Å². The number of nitrogens with zero attached hydrogens (tertiary/aromatic N) is 1. The zero-order valence-electron chi connectivity index (χ0n) is 12.7. The van der Waals surface area contributed by atoms with Gasteiger partial charge in [0.1, 0.15) is 0 Å². The largest absolute Gasteiger partial charge is 0.393 e. The smallest absolute Gasteiger partial charge is 0.314 e. The highest BCUT2D eigenvalue weighted by molar-refractivity contribution is 7.09. The second kappa shape index (κ2) is 7.59. The number of aromatic nitrogens is 1. The predicted molar refractivity (Wildman–Crippen MR) is 82.2 cm³/mol. The molecule has 0 fully saturated rings. The molecule has 20 heavy (non-hydrogen) atoms. The van der Waals surface area contributed by atoms with Crippen molar-refractivity contribution in [1.29, 1.82) is 0 Å². The predicted octanol–water partition coefficient (Wildman–Crippen LogP) is 2.05. The van der Waals surface area contributed by atoms with Crippen LogP contribution in [0.4, 0.5) is 4.79 Å². The molecule has 0 bridgehead atoms. The maximum absolute atomic E-state index is 11.5. The zero-order valence-corrected chi connectivity index (χ0v) is 13.5. The summed E-state index contributed by atoms with van der Waals surface area (Å²) in [5.74, 6) is 0. The van der Waals surface area contributed by atoms with Gasteiger partial charge < -0.3 is 15.7 Å². The molecule has 0 aliphatic rings. The van der Waals surface area contributed by atoms with Crippen LogP contribution in [-0.2, 0) is 11.8 Å². The molecule has 5 nitrogen and oxygen atoms in total. The van der Waals surface area contributed by atoms with E-state index in [-0.39, 0.29) is 17.6 Å². The molecule has 1 rings (SSSR count). The van der Waals surface area contributed by atoms with E-state index >= 15 is 0 Å². The fraction of sp³-hybridized carbons (Fsp3) is 0.714. The molecular weight excluding hydrogens is 274 g/mol. The van der Waals surface area contributed by atoms with E-state index in [9.17, 15) is 4.79 Å². The molecule has 0 saturated carbocycles. The van der Waals surface area contributed by atoms with Crippen LogP contribution >= 0.6 is 11.3 Å². The van der Waals surface area contributed by atoms with E-state index in [0.717, 1.165) is 17.1 Å². The Kier molecular flexibility index (Phi) is 6.42. The number of aliphatic hydroxyl groups is 1. The number of rotatable bonds is 6. The molecular formula is C14H25N3O2S. The van der Waals surface area contributed by atoms with Crippen molar-refractivity contribution in [1.82, 2.24) is 15.6 Å². The van der Waals surface area contributed by atoms with Crippen LogP contribution in [0.15, 0.2) is 5.38 Å². The van der Waals surface area contributed by atoms with Crippen LogP contribution in [0, 0.1) is 0 Å². The lowest BCUT2D eigenvalue weighted by molar-refractivity contribution is 0.183. The summed E-state index contributed by atoms with van der Waals surface area (Å²) in [6, 6.07) is -0.196. The highest BCUT2D eigenvalue weighted by Crippen LogP contribution is 2.23. The lowest BCUT2D eigenvalue weighted by Crippen LogP contribution is -2.37. The number of thiazole rings is 1. The Labute approximate surface area is 124 Å². The molecule has 1 heterocycles. The first-order valence-corrected chi connectivity index (χ1v) is 7.81. The second-order valence-corrected chi connectivity index (χ2v) is 6.89. The Balaban J connectivity index is 2.24. The van der Waals surface area contributed by atoms with Gasteiger partial charge >= 0.3 is 6.03 Å². The Morgan fingerprint density at radius 3 is 2.60 bits per heavy atom. The lowest BCUT2D eigenvalue weighted by Gasteiger charge is -2.14. The highest BCUT2D eigenvalue weighted by Gasteiger charge is 2.17. The second-order valence-electron chi connectivity index (χ2n) is 5.95. The first-order valence-electron chi connectivity index (χ1n) is 6.93. The maximum Gasteiger partial charge on any atom is 0.314 e. The molecule has 1 aromatic rings. The molecule has 0 spiro atoms. The van der Waals surface area contributed by atoms with Crippen LogP contribution in [0.5, 0.6) is 0 Å². The van der Waals surface area contributed by atoms with E-state index in [1.54, 1.807) is 18.3 Å². The van der Waals surface area contributed by atoms with Crippen LogP contribution in [0.1, 0.15) is 44.8 Å². The number of carbonyl (C=O) groups excluding carboxylic acids is 1. The van der Waals surface area contributed by atoms with Crippen molar-refractivity contribution in [2.75, 3.05) is 13.1 Å². The number of urea groups is 1. The Bertz CT molecular complexity index is 424. The Morgan fingerprint density at radius 1 is 1.40 bits per heavy atom. The molecule has 0 radical (unpaired) electrons. The van der Waals surface area contributed by atoms with E-state index in [1.807, 2.05) is 0 Å². The van der Waals surface area contributed by atoms with Crippen LogP contribution in [0.3, 0.4) is 0 Å². The fourth-order valence-corrected chi connectivity index (χ4v) is 2.54. The minimum absolute atomic E-state index is 0.0700. The first-order chi connectivity index (χ1) is 9.29. The van der Waals surface area contributed by atoms with E-state index < -0.39 is 0 Å². The quantitative estimate of drug-likeness (QED) is 0.752. The van der Waals surface area contributed by atoms with Gasteiger partial charge in [0.2, 0.25) is 0 Å². The summed E-state index contributed by atoms with van der Waals surface area (Å²) in [6.07, 6.45) is 0.917. The molecule has 0 aliphatic heterocycles. The maximum atomic E-state index is 11.5. The number of hydrogen-bond acceptors (Lipinski definition) is 4. The Morgan fingerprint density at radius 2 is 2.05 bits per heavy atom. The van der Waals surface area contributed by atoms with Crippen molar-refractivity contribution >= 4 is 17.4 Å². The van der Waals surface area contributed by atoms with Gasteiger partial charge in [0.25, 0.3) is 0 Å². The van der Waals surface area contributed by atoms with Crippen molar-refractivity contribution in [3.8, 4) is 0 Å². The van der Waals surface area contributed by atoms with Gasteiger partial charge in [0.05, 0.1) is 16.8 Å². The molecule has 2 amide bonds. The monoisotopic (exact) mass is 299 g/mol. The number of amides is 2. The molecule has 1 aromatic heterocycles. The van der Waals surface area contributed by atoms with Crippen molar-refractivity contribution in [3.05, 3.63) is 16.1 Å². The van der Waals surface area contributed by atoms with Gasteiger partial charge in [-0.25, -0.2) is 9.78 Å². The van der Waals surface area contributed by atoms with Gasteiger partial charge in [-0.1, -0.05) is 20.8 Å². The van der Waals surface area contributed by atoms with Gasteiger partial charge in [-0.3, -0.25) is 0 Å². The SMILES string of the molecule is CC(O)CCNC(=O)NCCc1nc(C(C)(C)C)cs1. The fourth-order valence-electron chi connectivity index (χ4n) is 1.51. The minimum atomic E-state index is -0.388. The van der Waals surface area contributed by atoms with Crippen LogP contribution in [-0.4, -0.2) is 35.3 Å². The summed E-state index contributed by atoms with van der Waals surface area (Å²) in [5.41, 5.74) is 1.17. The summed E-state index contributed by atoms with van der Waals surface area (Å²) < 4.78 is 0. The molecule has 0 aromatic carbocycles. The van der Waals surface area contributed by atoms with E-state index in [2.05, 4.69) is 41.8 Å². The van der Waals surface area contributed by atoms with Crippen molar-refractivity contribution in [2.24, 2.45) is 0 Å². The third kappa shape index (κ3) is 6.34. The summed E-state index contributed by atoms with van der Waals surface area (Å²) in [4.78, 5) is 16.0. The van der Waals surface area contributed by atoms with Crippen LogP contribution in [0.25, 0.3) is 0 Å². The summed E-state index contributed by atoms with van der Waals surface area (Å²) in [7, 11) is 0. The average Bonchev–Trinajstić information content (AvgIpc) is 2.77. The molecule has 1 unspecified atom stereocenters. The van der Waals surface area contributed by atoms with Crippen LogP contribution < -0.4 is 10.6 Å². The van der Waals surface area contributed by atoms with Gasteiger partial charge in [0, 0.05) is 30.3 Å². The molecule has 6 heteroatoms. The first kappa shape index (κ1) is 16.9. The van der Waals surface area contributed by atoms with E-state index in [0.29, 0.717) is 19.5 Å².